The number of methoxy groups -OCH3 is 1. The molecule has 0 aliphatic rings. The quantitative estimate of drug-likeness (QED) is 0.762. The van der Waals surface area contributed by atoms with Crippen LogP contribution in [0.5, 0.6) is 5.75 Å². The summed E-state index contributed by atoms with van der Waals surface area (Å²) in [6.45, 7) is 0. The average Bonchev–Trinajstić information content (AvgIpc) is 2.91. The molecule has 7 heteroatoms. The van der Waals surface area contributed by atoms with Crippen molar-refractivity contribution >= 4 is 17.6 Å². The molecule has 0 saturated heterocycles. The zero-order chi connectivity index (χ0) is 14.5. The normalized spacial score (nSPS) is 10.1. The zero-order valence-corrected chi connectivity index (χ0v) is 10.7. The molecule has 2 rings (SSSR count). The Morgan fingerprint density at radius 1 is 1.40 bits per heavy atom. The molecule has 0 fully saturated rings. The molecule has 1 amide bonds. The van der Waals surface area contributed by atoms with Crippen molar-refractivity contribution in [1.29, 1.82) is 0 Å². The molecule has 3 N–H and O–H groups in total. The highest BCUT2D eigenvalue weighted by molar-refractivity contribution is 6.01. The van der Waals surface area contributed by atoms with Crippen LogP contribution in [0.15, 0.2) is 30.5 Å². The molecule has 0 bridgehead atoms. The summed E-state index contributed by atoms with van der Waals surface area (Å²) >= 11 is 0. The number of H-pyrrole nitrogens is 1. The van der Waals surface area contributed by atoms with E-state index in [0.717, 1.165) is 0 Å². The van der Waals surface area contributed by atoms with Gasteiger partial charge in [-0.15, -0.1) is 0 Å². The first-order chi connectivity index (χ1) is 9.60. The number of carboxylic acids is 1. The Kier molecular flexibility index (Phi) is 3.99. The van der Waals surface area contributed by atoms with E-state index in [4.69, 9.17) is 9.84 Å². The van der Waals surface area contributed by atoms with E-state index < -0.39 is 5.97 Å². The van der Waals surface area contributed by atoms with Crippen LogP contribution >= 0.6 is 0 Å². The van der Waals surface area contributed by atoms with Gasteiger partial charge in [-0.05, 0) is 24.3 Å². The Balaban J connectivity index is 2.16. The van der Waals surface area contributed by atoms with Crippen LogP contribution in [0, 0.1) is 0 Å². The first kappa shape index (κ1) is 13.6. The average molecular weight is 275 g/mol. The van der Waals surface area contributed by atoms with Crippen LogP contribution in [-0.4, -0.2) is 34.3 Å². The van der Waals surface area contributed by atoms with E-state index >= 15 is 0 Å². The number of hydrogen-bond donors (Lipinski definition) is 3. The van der Waals surface area contributed by atoms with Crippen LogP contribution in [0.3, 0.4) is 0 Å². The maximum absolute atomic E-state index is 11.8. The highest BCUT2D eigenvalue weighted by Crippen LogP contribution is 2.22. The van der Waals surface area contributed by atoms with Gasteiger partial charge in [-0.2, -0.15) is 5.10 Å². The number of hydrogen-bond acceptors (Lipinski definition) is 4. The molecule has 1 aromatic heterocycles. The summed E-state index contributed by atoms with van der Waals surface area (Å²) < 4.78 is 4.96. The lowest BCUT2D eigenvalue weighted by atomic mass is 10.1. The van der Waals surface area contributed by atoms with Crippen molar-refractivity contribution in [3.8, 4) is 5.75 Å². The zero-order valence-electron chi connectivity index (χ0n) is 10.7. The van der Waals surface area contributed by atoms with Gasteiger partial charge in [0, 0.05) is 11.9 Å². The molecular formula is C13H13N3O4. The van der Waals surface area contributed by atoms with Gasteiger partial charge >= 0.3 is 5.97 Å². The molecule has 104 valence electrons. The number of nitrogens with zero attached hydrogens (tertiary/aromatic N) is 1. The maximum Gasteiger partial charge on any atom is 0.337 e. The minimum Gasteiger partial charge on any atom is -0.497 e. The third kappa shape index (κ3) is 3.14. The molecule has 7 nitrogen and oxygen atoms in total. The van der Waals surface area contributed by atoms with Crippen LogP contribution in [0.25, 0.3) is 0 Å². The van der Waals surface area contributed by atoms with Gasteiger partial charge in [0.25, 0.3) is 0 Å². The first-order valence-corrected chi connectivity index (χ1v) is 5.79. The molecule has 0 saturated carbocycles. The number of benzene rings is 1. The number of aromatic nitrogens is 2. The monoisotopic (exact) mass is 275 g/mol. The van der Waals surface area contributed by atoms with Crippen molar-refractivity contribution in [2.45, 2.75) is 6.42 Å². The topological polar surface area (TPSA) is 104 Å². The highest BCUT2D eigenvalue weighted by Gasteiger charge is 2.14. The van der Waals surface area contributed by atoms with Crippen LogP contribution < -0.4 is 10.1 Å². The van der Waals surface area contributed by atoms with Crippen LogP contribution in [-0.2, 0) is 11.2 Å². The minimum absolute atomic E-state index is 0.0256. The fraction of sp³-hybridized carbons (Fsp3) is 0.154. The molecule has 0 spiro atoms. The minimum atomic E-state index is -1.14. The van der Waals surface area contributed by atoms with E-state index in [1.54, 1.807) is 18.3 Å². The second-order valence-electron chi connectivity index (χ2n) is 4.02. The molecule has 1 aromatic carbocycles. The standard InChI is InChI=1S/C13H13N3O4/c1-20-9-2-3-11(10(7-9)13(18)19)15-12(17)6-8-4-5-14-16-8/h2-5,7H,6H2,1H3,(H,14,16)(H,15,17)(H,18,19). The number of carbonyl (C=O) groups excluding carboxylic acids is 1. The summed E-state index contributed by atoms with van der Waals surface area (Å²) in [5.41, 5.74) is 0.845. The summed E-state index contributed by atoms with van der Waals surface area (Å²) in [5.74, 6) is -1.06. The number of rotatable bonds is 5. The van der Waals surface area contributed by atoms with Crippen molar-refractivity contribution in [1.82, 2.24) is 10.2 Å². The molecule has 2 aromatic rings. The number of aromatic amines is 1. The van der Waals surface area contributed by atoms with Gasteiger partial charge < -0.3 is 15.2 Å². The lowest BCUT2D eigenvalue weighted by Gasteiger charge is -2.09. The van der Waals surface area contributed by atoms with Crippen molar-refractivity contribution in [2.75, 3.05) is 12.4 Å². The highest BCUT2D eigenvalue weighted by atomic mass is 16.5. The van der Waals surface area contributed by atoms with Gasteiger partial charge in [0.05, 0.1) is 24.8 Å². The Bertz CT molecular complexity index is 623. The number of ether oxygens (including phenoxy) is 1. The summed E-state index contributed by atoms with van der Waals surface area (Å²) in [6.07, 6.45) is 1.63. The third-order valence-electron chi connectivity index (χ3n) is 2.64. The lowest BCUT2D eigenvalue weighted by Crippen LogP contribution is -2.17. The Hall–Kier alpha value is -2.83. The number of aromatic carboxylic acids is 1. The van der Waals surface area contributed by atoms with Gasteiger partial charge in [0.2, 0.25) is 5.91 Å². The van der Waals surface area contributed by atoms with Crippen molar-refractivity contribution in [3.63, 3.8) is 0 Å². The summed E-state index contributed by atoms with van der Waals surface area (Å²) in [5, 5.41) is 18.1. The lowest BCUT2D eigenvalue weighted by molar-refractivity contribution is -0.115. The van der Waals surface area contributed by atoms with Gasteiger partial charge in [-0.1, -0.05) is 0 Å². The molecule has 0 atom stereocenters. The fourth-order valence-corrected chi connectivity index (χ4v) is 1.69. The number of carboxylic acid groups (broad SMARTS) is 1. The van der Waals surface area contributed by atoms with Crippen LogP contribution in [0.4, 0.5) is 5.69 Å². The summed E-state index contributed by atoms with van der Waals surface area (Å²) in [7, 11) is 1.44. The van der Waals surface area contributed by atoms with E-state index in [1.165, 1.54) is 19.2 Å². The molecule has 1 heterocycles. The Morgan fingerprint density at radius 2 is 2.20 bits per heavy atom. The van der Waals surface area contributed by atoms with E-state index in [0.29, 0.717) is 11.4 Å². The maximum atomic E-state index is 11.8. The molecular weight excluding hydrogens is 262 g/mol. The number of carbonyl (C=O) groups is 2. The van der Waals surface area contributed by atoms with Gasteiger partial charge in [-0.25, -0.2) is 4.79 Å². The van der Waals surface area contributed by atoms with Crippen molar-refractivity contribution in [2.24, 2.45) is 0 Å². The van der Waals surface area contributed by atoms with E-state index in [1.807, 2.05) is 0 Å². The smallest absolute Gasteiger partial charge is 0.337 e. The van der Waals surface area contributed by atoms with Crippen molar-refractivity contribution < 1.29 is 19.4 Å². The Labute approximate surface area is 114 Å². The molecule has 20 heavy (non-hydrogen) atoms. The van der Waals surface area contributed by atoms with Gasteiger partial charge in [0.15, 0.2) is 0 Å². The predicted octanol–water partition coefficient (Wildman–Crippen LogP) is 1.30. The van der Waals surface area contributed by atoms with Gasteiger partial charge in [0.1, 0.15) is 5.75 Å². The first-order valence-electron chi connectivity index (χ1n) is 5.79. The summed E-state index contributed by atoms with van der Waals surface area (Å²) in [6, 6.07) is 6.10. The molecule has 0 aliphatic carbocycles. The second-order valence-corrected chi connectivity index (χ2v) is 4.02. The molecule has 0 aliphatic heterocycles. The SMILES string of the molecule is COc1ccc(NC(=O)Cc2ccn[nH]2)c(C(=O)O)c1. The fourth-order valence-electron chi connectivity index (χ4n) is 1.69. The predicted molar refractivity (Wildman–Crippen MR) is 70.9 cm³/mol. The molecule has 0 unspecified atom stereocenters. The Morgan fingerprint density at radius 3 is 2.80 bits per heavy atom. The second kappa shape index (κ2) is 5.87. The molecule has 0 radical (unpaired) electrons. The van der Waals surface area contributed by atoms with Crippen LogP contribution in [0.1, 0.15) is 16.1 Å². The third-order valence-corrected chi connectivity index (χ3v) is 2.64. The summed E-state index contributed by atoms with van der Waals surface area (Å²) in [4.78, 5) is 23.0. The van der Waals surface area contributed by atoms with E-state index in [-0.39, 0.29) is 23.6 Å². The number of amides is 1. The van der Waals surface area contributed by atoms with E-state index in [2.05, 4.69) is 15.5 Å². The van der Waals surface area contributed by atoms with Crippen molar-refractivity contribution in [3.05, 3.63) is 41.7 Å². The largest absolute Gasteiger partial charge is 0.497 e. The number of nitrogens with one attached hydrogen (secondary N) is 2. The van der Waals surface area contributed by atoms with E-state index in [9.17, 15) is 9.59 Å². The van der Waals surface area contributed by atoms with Gasteiger partial charge in [-0.3, -0.25) is 9.89 Å². The number of anilines is 1. The van der Waals surface area contributed by atoms with Crippen LogP contribution in [0.2, 0.25) is 0 Å².